The first kappa shape index (κ1) is 14.2. The summed E-state index contributed by atoms with van der Waals surface area (Å²) in [7, 11) is 0. The fourth-order valence-electron chi connectivity index (χ4n) is 2.07. The molecule has 0 saturated heterocycles. The Morgan fingerprint density at radius 3 is 2.68 bits per heavy atom. The summed E-state index contributed by atoms with van der Waals surface area (Å²) in [5, 5.41) is 10.3. The van der Waals surface area contributed by atoms with Gasteiger partial charge in [0, 0.05) is 17.6 Å². The summed E-state index contributed by atoms with van der Waals surface area (Å²) in [6.45, 7) is 5.05. The molecule has 1 aliphatic carbocycles. The van der Waals surface area contributed by atoms with Gasteiger partial charge in [-0.25, -0.2) is 0 Å². The summed E-state index contributed by atoms with van der Waals surface area (Å²) in [6.07, 6.45) is 3.12. The van der Waals surface area contributed by atoms with Crippen LogP contribution in [0, 0.1) is 5.92 Å². The minimum absolute atomic E-state index is 0.0345. The molecule has 19 heavy (non-hydrogen) atoms. The Bertz CT molecular complexity index is 469. The van der Waals surface area contributed by atoms with Crippen LogP contribution in [-0.4, -0.2) is 28.5 Å². The van der Waals surface area contributed by atoms with Crippen LogP contribution < -0.4 is 0 Å². The molecule has 0 unspecified atom stereocenters. The standard InChI is InChI=1S/C15H20ClNO2/c1-10(2)7-8-17(12-4-5-12)15(19)13-6-3-11(16)9-14(13)18/h3,6,9-10,12,18H,4-5,7-8H2,1-2H3. The van der Waals surface area contributed by atoms with Crippen LogP contribution in [-0.2, 0) is 0 Å². The van der Waals surface area contributed by atoms with Crippen LogP contribution >= 0.6 is 11.6 Å². The summed E-state index contributed by atoms with van der Waals surface area (Å²) < 4.78 is 0. The molecule has 104 valence electrons. The molecule has 1 N–H and O–H groups in total. The summed E-state index contributed by atoms with van der Waals surface area (Å²) in [5.41, 5.74) is 0.347. The Balaban J connectivity index is 2.14. The number of phenolic OH excluding ortho intramolecular Hbond substituents is 1. The number of hydrogen-bond donors (Lipinski definition) is 1. The summed E-state index contributed by atoms with van der Waals surface area (Å²) in [4.78, 5) is 14.4. The lowest BCUT2D eigenvalue weighted by Crippen LogP contribution is -2.34. The molecule has 1 aromatic carbocycles. The Labute approximate surface area is 119 Å². The Kier molecular flexibility index (Phi) is 4.35. The number of rotatable bonds is 5. The fraction of sp³-hybridized carbons (Fsp3) is 0.533. The summed E-state index contributed by atoms with van der Waals surface area (Å²) in [5.74, 6) is 0.442. The number of benzene rings is 1. The zero-order valence-electron chi connectivity index (χ0n) is 11.4. The van der Waals surface area contributed by atoms with Crippen LogP contribution in [0.15, 0.2) is 18.2 Å². The number of hydrogen-bond acceptors (Lipinski definition) is 2. The second kappa shape index (κ2) is 5.83. The first-order valence-corrected chi connectivity index (χ1v) is 7.16. The molecule has 1 fully saturated rings. The van der Waals surface area contributed by atoms with Gasteiger partial charge < -0.3 is 10.0 Å². The molecule has 1 saturated carbocycles. The number of carbonyl (C=O) groups excluding carboxylic acids is 1. The Morgan fingerprint density at radius 1 is 1.47 bits per heavy atom. The minimum Gasteiger partial charge on any atom is -0.507 e. The molecule has 0 radical (unpaired) electrons. The third-order valence-corrected chi connectivity index (χ3v) is 3.62. The highest BCUT2D eigenvalue weighted by molar-refractivity contribution is 6.30. The van der Waals surface area contributed by atoms with Crippen LogP contribution in [0.4, 0.5) is 0 Å². The number of nitrogens with zero attached hydrogens (tertiary/aromatic N) is 1. The Hall–Kier alpha value is -1.22. The van der Waals surface area contributed by atoms with E-state index in [0.717, 1.165) is 25.8 Å². The van der Waals surface area contributed by atoms with E-state index < -0.39 is 0 Å². The van der Waals surface area contributed by atoms with Gasteiger partial charge in [0.25, 0.3) is 5.91 Å². The van der Waals surface area contributed by atoms with Gasteiger partial charge >= 0.3 is 0 Å². The maximum absolute atomic E-state index is 12.5. The lowest BCUT2D eigenvalue weighted by molar-refractivity contribution is 0.0732. The van der Waals surface area contributed by atoms with Crippen LogP contribution in [0.25, 0.3) is 0 Å². The van der Waals surface area contributed by atoms with E-state index in [0.29, 0.717) is 22.5 Å². The van der Waals surface area contributed by atoms with E-state index in [4.69, 9.17) is 11.6 Å². The van der Waals surface area contributed by atoms with E-state index in [1.165, 1.54) is 6.07 Å². The van der Waals surface area contributed by atoms with Gasteiger partial charge in [-0.15, -0.1) is 0 Å². The molecule has 0 aliphatic heterocycles. The SMILES string of the molecule is CC(C)CCN(C(=O)c1ccc(Cl)cc1O)C1CC1. The van der Waals surface area contributed by atoms with Gasteiger partial charge in [-0.05, 0) is 43.4 Å². The van der Waals surface area contributed by atoms with Crippen molar-refractivity contribution in [3.8, 4) is 5.75 Å². The van der Waals surface area contributed by atoms with Gasteiger partial charge in [-0.3, -0.25) is 4.79 Å². The number of carbonyl (C=O) groups is 1. The van der Waals surface area contributed by atoms with Crippen molar-refractivity contribution in [2.45, 2.75) is 39.2 Å². The average molecular weight is 282 g/mol. The van der Waals surface area contributed by atoms with Crippen molar-refractivity contribution in [2.75, 3.05) is 6.54 Å². The van der Waals surface area contributed by atoms with Gasteiger partial charge in [0.2, 0.25) is 0 Å². The van der Waals surface area contributed by atoms with E-state index in [-0.39, 0.29) is 11.7 Å². The largest absolute Gasteiger partial charge is 0.507 e. The van der Waals surface area contributed by atoms with E-state index in [9.17, 15) is 9.90 Å². The van der Waals surface area contributed by atoms with Crippen LogP contribution in [0.2, 0.25) is 5.02 Å². The van der Waals surface area contributed by atoms with Gasteiger partial charge in [-0.1, -0.05) is 25.4 Å². The quantitative estimate of drug-likeness (QED) is 0.894. The van der Waals surface area contributed by atoms with E-state index >= 15 is 0 Å². The summed E-state index contributed by atoms with van der Waals surface area (Å²) in [6, 6.07) is 5.01. The fourth-order valence-corrected chi connectivity index (χ4v) is 2.24. The monoisotopic (exact) mass is 281 g/mol. The van der Waals surface area contributed by atoms with E-state index in [1.807, 2.05) is 4.90 Å². The predicted molar refractivity (Wildman–Crippen MR) is 76.6 cm³/mol. The second-order valence-corrected chi connectivity index (χ2v) is 6.01. The lowest BCUT2D eigenvalue weighted by Gasteiger charge is -2.23. The van der Waals surface area contributed by atoms with Crippen LogP contribution in [0.3, 0.4) is 0 Å². The molecule has 0 heterocycles. The van der Waals surface area contributed by atoms with Gasteiger partial charge in [0.15, 0.2) is 0 Å². The van der Waals surface area contributed by atoms with Crippen LogP contribution in [0.5, 0.6) is 5.75 Å². The van der Waals surface area contributed by atoms with Crippen molar-refractivity contribution in [3.63, 3.8) is 0 Å². The third-order valence-electron chi connectivity index (χ3n) is 3.39. The van der Waals surface area contributed by atoms with E-state index in [1.54, 1.807) is 12.1 Å². The van der Waals surface area contributed by atoms with Gasteiger partial charge in [0.05, 0.1) is 5.56 Å². The van der Waals surface area contributed by atoms with Crippen molar-refractivity contribution in [3.05, 3.63) is 28.8 Å². The number of halogens is 1. The number of aromatic hydroxyl groups is 1. The van der Waals surface area contributed by atoms with Crippen molar-refractivity contribution in [2.24, 2.45) is 5.92 Å². The molecule has 1 aromatic rings. The third kappa shape index (κ3) is 3.63. The smallest absolute Gasteiger partial charge is 0.257 e. The predicted octanol–water partition coefficient (Wildman–Crippen LogP) is 3.70. The molecule has 0 bridgehead atoms. The van der Waals surface area contributed by atoms with E-state index in [2.05, 4.69) is 13.8 Å². The van der Waals surface area contributed by atoms with Crippen molar-refractivity contribution >= 4 is 17.5 Å². The first-order valence-electron chi connectivity index (χ1n) is 6.78. The zero-order chi connectivity index (χ0) is 14.0. The highest BCUT2D eigenvalue weighted by atomic mass is 35.5. The van der Waals surface area contributed by atoms with Gasteiger partial charge in [-0.2, -0.15) is 0 Å². The van der Waals surface area contributed by atoms with Gasteiger partial charge in [0.1, 0.15) is 5.75 Å². The molecule has 1 aliphatic rings. The highest BCUT2D eigenvalue weighted by Gasteiger charge is 2.33. The molecular formula is C15H20ClNO2. The topological polar surface area (TPSA) is 40.5 Å². The number of phenols is 1. The molecule has 4 heteroatoms. The molecule has 0 spiro atoms. The zero-order valence-corrected chi connectivity index (χ0v) is 12.2. The minimum atomic E-state index is -0.0858. The second-order valence-electron chi connectivity index (χ2n) is 5.57. The molecule has 2 rings (SSSR count). The molecule has 1 amide bonds. The highest BCUT2D eigenvalue weighted by Crippen LogP contribution is 2.31. The van der Waals surface area contributed by atoms with Crippen molar-refractivity contribution < 1.29 is 9.90 Å². The summed E-state index contributed by atoms with van der Waals surface area (Å²) >= 11 is 5.79. The maximum Gasteiger partial charge on any atom is 0.257 e. The molecule has 0 atom stereocenters. The number of amides is 1. The van der Waals surface area contributed by atoms with Crippen molar-refractivity contribution in [1.29, 1.82) is 0 Å². The lowest BCUT2D eigenvalue weighted by atomic mass is 10.1. The van der Waals surface area contributed by atoms with Crippen molar-refractivity contribution in [1.82, 2.24) is 4.90 Å². The maximum atomic E-state index is 12.5. The van der Waals surface area contributed by atoms with Crippen LogP contribution in [0.1, 0.15) is 43.5 Å². The molecule has 3 nitrogen and oxygen atoms in total. The average Bonchev–Trinajstić information content (AvgIpc) is 3.13. The molecule has 0 aromatic heterocycles. The normalized spacial score (nSPS) is 14.7. The molecular weight excluding hydrogens is 262 g/mol. The Morgan fingerprint density at radius 2 is 2.16 bits per heavy atom. The first-order chi connectivity index (χ1) is 8.99.